The summed E-state index contributed by atoms with van der Waals surface area (Å²) in [4.78, 5) is 12.3. The average Bonchev–Trinajstić information content (AvgIpc) is 3.17. The number of hydrogen-bond acceptors (Lipinski definition) is 3. The fourth-order valence-corrected chi connectivity index (χ4v) is 8.45. The predicted molar refractivity (Wildman–Crippen MR) is 231 cm³/mol. The van der Waals surface area contributed by atoms with E-state index >= 15 is 0 Å². The first-order valence-corrected chi connectivity index (χ1v) is 18.8. The first-order chi connectivity index (χ1) is 26.2. The summed E-state index contributed by atoms with van der Waals surface area (Å²) < 4.78 is 0. The quantitative estimate of drug-likeness (QED) is 0.148. The Labute approximate surface area is 320 Å². The van der Waals surface area contributed by atoms with Crippen molar-refractivity contribution in [3.05, 3.63) is 191 Å². The fraction of sp³-hybridized carbons (Fsp3) is 0.120. The van der Waals surface area contributed by atoms with Crippen LogP contribution >= 0.6 is 0 Å². The Hall–Kier alpha value is -6.26. The molecule has 0 amide bonds. The molecule has 0 radical (unpaired) electrons. The summed E-state index contributed by atoms with van der Waals surface area (Å²) in [6, 6.07) is 52.6. The maximum atomic E-state index is 5.29. The second kappa shape index (κ2) is 14.6. The third-order valence-corrected chi connectivity index (χ3v) is 10.6. The molecule has 0 fully saturated rings. The molecule has 54 heavy (non-hydrogen) atoms. The first-order valence-electron chi connectivity index (χ1n) is 18.8. The van der Waals surface area contributed by atoms with Crippen LogP contribution < -0.4 is 21.3 Å². The van der Waals surface area contributed by atoms with Crippen LogP contribution in [-0.2, 0) is 0 Å². The molecule has 0 saturated carbocycles. The van der Waals surface area contributed by atoms with Crippen molar-refractivity contribution in [1.29, 1.82) is 0 Å². The van der Waals surface area contributed by atoms with Gasteiger partial charge in [0.2, 0.25) is 6.71 Å². The largest absolute Gasteiger partial charge is 0.293 e. The standard InChI is InChI=1S/C50H44BN3/c1-33-25-35(3)49(36(4)26-33)51(50-37(5)27-34(2)28-38(50)6)43-21-23-44(24-22-43)54(48-32-52-31-46(53-48)40-17-11-8-12-18-40)47-30-42-20-14-13-19-41(42)29-45(47)39-15-9-7-10-16-39/h7-32H,1-6H3. The zero-order valence-electron chi connectivity index (χ0n) is 31.9. The number of anilines is 3. The first kappa shape index (κ1) is 34.8. The number of hydrogen-bond donors (Lipinski definition) is 0. The van der Waals surface area contributed by atoms with Crippen LogP contribution in [0.1, 0.15) is 33.4 Å². The molecule has 0 unspecified atom stereocenters. The number of aromatic nitrogens is 2. The molecule has 3 nitrogen and oxygen atoms in total. The van der Waals surface area contributed by atoms with E-state index in [0.29, 0.717) is 0 Å². The van der Waals surface area contributed by atoms with Crippen LogP contribution in [0.25, 0.3) is 33.2 Å². The third-order valence-electron chi connectivity index (χ3n) is 10.6. The molecule has 0 bridgehead atoms. The van der Waals surface area contributed by atoms with Gasteiger partial charge in [-0.15, -0.1) is 0 Å². The summed E-state index contributed by atoms with van der Waals surface area (Å²) in [5, 5.41) is 2.35. The molecule has 0 aliphatic heterocycles. The van der Waals surface area contributed by atoms with Crippen molar-refractivity contribution in [3.63, 3.8) is 0 Å². The molecule has 262 valence electrons. The number of fused-ring (bicyclic) bond motifs is 1. The van der Waals surface area contributed by atoms with Gasteiger partial charge in [0.15, 0.2) is 5.82 Å². The van der Waals surface area contributed by atoms with E-state index in [1.54, 1.807) is 0 Å². The summed E-state index contributed by atoms with van der Waals surface area (Å²) in [6.07, 6.45) is 3.73. The summed E-state index contributed by atoms with van der Waals surface area (Å²) >= 11 is 0. The monoisotopic (exact) mass is 697 g/mol. The maximum Gasteiger partial charge on any atom is 0.242 e. The van der Waals surface area contributed by atoms with Crippen LogP contribution in [0.5, 0.6) is 0 Å². The van der Waals surface area contributed by atoms with Crippen molar-refractivity contribution in [3.8, 4) is 22.4 Å². The molecular formula is C50H44BN3. The number of nitrogens with zero attached hydrogens (tertiary/aromatic N) is 3. The lowest BCUT2D eigenvalue weighted by molar-refractivity contribution is 1.13. The van der Waals surface area contributed by atoms with Gasteiger partial charge in [-0.3, -0.25) is 9.88 Å². The fourth-order valence-electron chi connectivity index (χ4n) is 8.45. The van der Waals surface area contributed by atoms with E-state index in [4.69, 9.17) is 9.97 Å². The van der Waals surface area contributed by atoms with Gasteiger partial charge < -0.3 is 0 Å². The summed E-state index contributed by atoms with van der Waals surface area (Å²) in [5.41, 5.74) is 18.0. The SMILES string of the molecule is Cc1cc(C)c(B(c2ccc(N(c3cncc(-c4ccccc4)n3)c3cc4ccccc4cc3-c3ccccc3)cc2)c2c(C)cc(C)cc2C)c(C)c1. The smallest absolute Gasteiger partial charge is 0.242 e. The molecule has 0 saturated heterocycles. The molecule has 8 aromatic rings. The van der Waals surface area contributed by atoms with Gasteiger partial charge in [-0.05, 0) is 82.1 Å². The van der Waals surface area contributed by atoms with Crippen LogP contribution in [0, 0.1) is 41.5 Å². The van der Waals surface area contributed by atoms with Crippen LogP contribution in [0.15, 0.2) is 158 Å². The lowest BCUT2D eigenvalue weighted by Gasteiger charge is -2.28. The van der Waals surface area contributed by atoms with Gasteiger partial charge in [-0.25, -0.2) is 4.98 Å². The van der Waals surface area contributed by atoms with E-state index in [0.717, 1.165) is 45.0 Å². The topological polar surface area (TPSA) is 29.0 Å². The zero-order chi connectivity index (χ0) is 37.3. The van der Waals surface area contributed by atoms with Gasteiger partial charge in [0.1, 0.15) is 0 Å². The highest BCUT2D eigenvalue weighted by molar-refractivity contribution is 6.96. The van der Waals surface area contributed by atoms with Gasteiger partial charge in [-0.2, -0.15) is 0 Å². The summed E-state index contributed by atoms with van der Waals surface area (Å²) in [5.74, 6) is 0.753. The normalized spacial score (nSPS) is 11.1. The molecule has 0 N–H and O–H groups in total. The zero-order valence-corrected chi connectivity index (χ0v) is 31.9. The molecule has 0 aliphatic rings. The Morgan fingerprint density at radius 2 is 0.981 bits per heavy atom. The molecular weight excluding hydrogens is 653 g/mol. The Kier molecular flexibility index (Phi) is 9.44. The number of aryl methyl sites for hydroxylation is 6. The molecule has 0 atom stereocenters. The van der Waals surface area contributed by atoms with Crippen molar-refractivity contribution in [2.75, 3.05) is 4.90 Å². The van der Waals surface area contributed by atoms with Crippen LogP contribution in [0.2, 0.25) is 0 Å². The summed E-state index contributed by atoms with van der Waals surface area (Å²) in [7, 11) is 0. The van der Waals surface area contributed by atoms with E-state index in [1.807, 2.05) is 30.6 Å². The van der Waals surface area contributed by atoms with E-state index in [9.17, 15) is 0 Å². The van der Waals surface area contributed by atoms with Crippen molar-refractivity contribution >= 4 is 51.1 Å². The molecule has 0 spiro atoms. The van der Waals surface area contributed by atoms with E-state index in [1.165, 1.54) is 55.2 Å². The number of benzene rings is 7. The third kappa shape index (κ3) is 6.72. The summed E-state index contributed by atoms with van der Waals surface area (Å²) in [6.45, 7) is 13.5. The highest BCUT2D eigenvalue weighted by Gasteiger charge is 2.29. The van der Waals surface area contributed by atoms with E-state index in [2.05, 4.69) is 174 Å². The minimum absolute atomic E-state index is 0.0791. The van der Waals surface area contributed by atoms with Crippen LogP contribution in [-0.4, -0.2) is 16.7 Å². The maximum absolute atomic E-state index is 5.29. The van der Waals surface area contributed by atoms with Crippen molar-refractivity contribution in [2.45, 2.75) is 41.5 Å². The minimum atomic E-state index is 0.0791. The second-order valence-corrected chi connectivity index (χ2v) is 14.7. The number of rotatable bonds is 8. The molecule has 1 heterocycles. The average molecular weight is 698 g/mol. The van der Waals surface area contributed by atoms with Gasteiger partial charge in [0, 0.05) is 16.8 Å². The Morgan fingerprint density at radius 1 is 0.481 bits per heavy atom. The predicted octanol–water partition coefficient (Wildman–Crippen LogP) is 10.8. The van der Waals surface area contributed by atoms with Crippen molar-refractivity contribution < 1.29 is 0 Å². The minimum Gasteiger partial charge on any atom is -0.293 e. The van der Waals surface area contributed by atoms with E-state index in [-0.39, 0.29) is 6.71 Å². The highest BCUT2D eigenvalue weighted by atomic mass is 15.2. The lowest BCUT2D eigenvalue weighted by atomic mass is 9.34. The highest BCUT2D eigenvalue weighted by Crippen LogP contribution is 2.42. The van der Waals surface area contributed by atoms with Crippen molar-refractivity contribution in [2.24, 2.45) is 0 Å². The van der Waals surface area contributed by atoms with E-state index < -0.39 is 0 Å². The lowest BCUT2D eigenvalue weighted by Crippen LogP contribution is -2.55. The van der Waals surface area contributed by atoms with Crippen LogP contribution in [0.3, 0.4) is 0 Å². The van der Waals surface area contributed by atoms with Crippen molar-refractivity contribution in [1.82, 2.24) is 9.97 Å². The Bertz CT molecular complexity index is 2510. The molecule has 8 rings (SSSR count). The Balaban J connectivity index is 1.35. The Morgan fingerprint density at radius 3 is 1.54 bits per heavy atom. The van der Waals surface area contributed by atoms with Gasteiger partial charge >= 0.3 is 0 Å². The molecule has 1 aromatic heterocycles. The second-order valence-electron chi connectivity index (χ2n) is 14.7. The van der Waals surface area contributed by atoms with Gasteiger partial charge in [-0.1, -0.05) is 171 Å². The van der Waals surface area contributed by atoms with Gasteiger partial charge in [0.25, 0.3) is 0 Å². The van der Waals surface area contributed by atoms with Crippen LogP contribution in [0.4, 0.5) is 17.2 Å². The molecule has 4 heteroatoms. The van der Waals surface area contributed by atoms with Gasteiger partial charge in [0.05, 0.1) is 23.8 Å². The molecule has 7 aromatic carbocycles. The molecule has 0 aliphatic carbocycles.